The summed E-state index contributed by atoms with van der Waals surface area (Å²) in [5.74, 6) is -0.0569. The molecule has 7 heteroatoms. The Morgan fingerprint density at radius 1 is 1.27 bits per heavy atom. The van der Waals surface area contributed by atoms with E-state index >= 15 is 0 Å². The third-order valence-electron chi connectivity index (χ3n) is 4.76. The highest BCUT2D eigenvalue weighted by Gasteiger charge is 2.29. The third kappa shape index (κ3) is 2.92. The fourth-order valence-electron chi connectivity index (χ4n) is 3.44. The number of hydrogen-bond donors (Lipinski definition) is 1. The molecule has 1 aliphatic heterocycles. The number of likely N-dealkylation sites (tertiary alicyclic amines) is 1. The van der Waals surface area contributed by atoms with Crippen LogP contribution in [0.2, 0.25) is 0 Å². The van der Waals surface area contributed by atoms with E-state index in [1.54, 1.807) is 17.2 Å². The van der Waals surface area contributed by atoms with Gasteiger partial charge in [0.2, 0.25) is 0 Å². The van der Waals surface area contributed by atoms with Crippen molar-refractivity contribution >= 4 is 11.6 Å². The monoisotopic (exact) mass is 350 g/mol. The summed E-state index contributed by atoms with van der Waals surface area (Å²) in [5, 5.41) is 9.79. The first kappa shape index (κ1) is 16.3. The van der Waals surface area contributed by atoms with Crippen molar-refractivity contribution in [3.05, 3.63) is 70.5 Å². The normalized spacial score (nSPS) is 16.9. The number of carbonyl (C=O) groups excluding carboxylic acids is 1. The molecule has 1 amide bonds. The Morgan fingerprint density at radius 2 is 2.15 bits per heavy atom. The number of amides is 1. The molecule has 7 nitrogen and oxygen atoms in total. The van der Waals surface area contributed by atoms with Gasteiger partial charge in [0.25, 0.3) is 11.5 Å². The smallest absolute Gasteiger partial charge is 0.270 e. The minimum Gasteiger partial charge on any atom is -0.504 e. The van der Waals surface area contributed by atoms with E-state index < -0.39 is 5.56 Å². The van der Waals surface area contributed by atoms with Gasteiger partial charge >= 0.3 is 0 Å². The van der Waals surface area contributed by atoms with E-state index in [2.05, 4.69) is 9.97 Å². The largest absolute Gasteiger partial charge is 0.504 e. The van der Waals surface area contributed by atoms with Gasteiger partial charge < -0.3 is 10.0 Å². The zero-order valence-corrected chi connectivity index (χ0v) is 14.1. The van der Waals surface area contributed by atoms with E-state index in [1.807, 2.05) is 18.3 Å². The van der Waals surface area contributed by atoms with E-state index in [1.165, 1.54) is 22.9 Å². The molecule has 1 aliphatic rings. The molecule has 3 aromatic heterocycles. The number of pyridine rings is 2. The Hall–Kier alpha value is -3.22. The topological polar surface area (TPSA) is 87.8 Å². The lowest BCUT2D eigenvalue weighted by atomic mass is 10.0. The highest BCUT2D eigenvalue weighted by Crippen LogP contribution is 2.22. The number of hydrogen-bond acceptors (Lipinski definition) is 5. The molecule has 1 unspecified atom stereocenters. The molecule has 0 bridgehead atoms. The molecule has 0 saturated carbocycles. The van der Waals surface area contributed by atoms with E-state index in [9.17, 15) is 14.7 Å². The molecular formula is C19H18N4O3. The number of aromatic nitrogens is 3. The summed E-state index contributed by atoms with van der Waals surface area (Å²) in [6, 6.07) is 6.93. The van der Waals surface area contributed by atoms with Gasteiger partial charge in [-0.25, -0.2) is 4.98 Å². The lowest BCUT2D eigenvalue weighted by Crippen LogP contribution is -2.34. The average Bonchev–Trinajstić information content (AvgIpc) is 3.11. The highest BCUT2D eigenvalue weighted by molar-refractivity contribution is 5.94. The van der Waals surface area contributed by atoms with Gasteiger partial charge in [0, 0.05) is 37.9 Å². The maximum Gasteiger partial charge on any atom is 0.270 e. The van der Waals surface area contributed by atoms with Crippen LogP contribution in [-0.2, 0) is 6.42 Å². The summed E-state index contributed by atoms with van der Waals surface area (Å²) in [7, 11) is 0. The summed E-state index contributed by atoms with van der Waals surface area (Å²) >= 11 is 0. The Kier molecular flexibility index (Phi) is 4.12. The molecule has 3 aromatic rings. The summed E-state index contributed by atoms with van der Waals surface area (Å²) in [5.41, 5.74) is 0.848. The Labute approximate surface area is 149 Å². The predicted octanol–water partition coefficient (Wildman–Crippen LogP) is 1.50. The standard InChI is InChI=1S/C19H18N4O3/c24-16-4-2-7-23-17(16)21-11-15(19(23)26)18(25)22-8-5-14(12-22)9-13-3-1-6-20-10-13/h1-4,6-7,10-11,14,24H,5,8-9,12H2. The molecule has 0 aliphatic carbocycles. The summed E-state index contributed by atoms with van der Waals surface area (Å²) < 4.78 is 1.20. The van der Waals surface area contributed by atoms with Gasteiger partial charge in [-0.2, -0.15) is 0 Å². The van der Waals surface area contributed by atoms with Gasteiger partial charge in [0.05, 0.1) is 0 Å². The van der Waals surface area contributed by atoms with Crippen molar-refractivity contribution in [2.75, 3.05) is 13.1 Å². The summed E-state index contributed by atoms with van der Waals surface area (Å²) in [4.78, 5) is 35.3. The van der Waals surface area contributed by atoms with Crippen molar-refractivity contribution in [2.45, 2.75) is 12.8 Å². The molecule has 1 atom stereocenters. The Balaban J connectivity index is 1.54. The Morgan fingerprint density at radius 3 is 2.96 bits per heavy atom. The van der Waals surface area contributed by atoms with Crippen molar-refractivity contribution in [3.63, 3.8) is 0 Å². The fourth-order valence-corrected chi connectivity index (χ4v) is 3.44. The van der Waals surface area contributed by atoms with Crippen LogP contribution < -0.4 is 5.56 Å². The molecule has 26 heavy (non-hydrogen) atoms. The van der Waals surface area contributed by atoms with Crippen LogP contribution >= 0.6 is 0 Å². The highest BCUT2D eigenvalue weighted by atomic mass is 16.3. The minimum absolute atomic E-state index is 0.0233. The van der Waals surface area contributed by atoms with Crippen molar-refractivity contribution < 1.29 is 9.90 Å². The molecule has 4 rings (SSSR count). The second-order valence-corrected chi connectivity index (χ2v) is 6.54. The lowest BCUT2D eigenvalue weighted by molar-refractivity contribution is 0.0784. The molecule has 1 fully saturated rings. The maximum atomic E-state index is 12.8. The van der Waals surface area contributed by atoms with Crippen molar-refractivity contribution in [1.82, 2.24) is 19.3 Å². The maximum absolute atomic E-state index is 12.8. The van der Waals surface area contributed by atoms with Crippen LogP contribution in [0.3, 0.4) is 0 Å². The Bertz CT molecular complexity index is 1020. The molecule has 132 valence electrons. The second-order valence-electron chi connectivity index (χ2n) is 6.54. The molecule has 0 aromatic carbocycles. The van der Waals surface area contributed by atoms with Gasteiger partial charge in [0.1, 0.15) is 5.56 Å². The number of nitrogens with zero attached hydrogens (tertiary/aromatic N) is 4. The predicted molar refractivity (Wildman–Crippen MR) is 95.1 cm³/mol. The first-order valence-electron chi connectivity index (χ1n) is 8.51. The molecule has 1 saturated heterocycles. The average molecular weight is 350 g/mol. The van der Waals surface area contributed by atoms with Gasteiger partial charge in [-0.15, -0.1) is 0 Å². The van der Waals surface area contributed by atoms with Gasteiger partial charge in [0.15, 0.2) is 11.4 Å². The number of carbonyl (C=O) groups is 1. The zero-order chi connectivity index (χ0) is 18.1. The quantitative estimate of drug-likeness (QED) is 0.773. The summed E-state index contributed by atoms with van der Waals surface area (Å²) in [6.07, 6.45) is 8.09. The van der Waals surface area contributed by atoms with Crippen molar-refractivity contribution in [2.24, 2.45) is 5.92 Å². The van der Waals surface area contributed by atoms with E-state index in [0.29, 0.717) is 19.0 Å². The van der Waals surface area contributed by atoms with E-state index in [0.717, 1.165) is 18.4 Å². The molecular weight excluding hydrogens is 332 g/mol. The van der Waals surface area contributed by atoms with Crippen LogP contribution in [0.5, 0.6) is 5.75 Å². The zero-order valence-electron chi connectivity index (χ0n) is 14.1. The molecule has 1 N–H and O–H groups in total. The first-order valence-corrected chi connectivity index (χ1v) is 8.51. The number of aromatic hydroxyl groups is 1. The summed E-state index contributed by atoms with van der Waals surface area (Å²) in [6.45, 7) is 1.22. The van der Waals surface area contributed by atoms with Gasteiger partial charge in [-0.05, 0) is 42.5 Å². The fraction of sp³-hybridized carbons (Fsp3) is 0.263. The van der Waals surface area contributed by atoms with Crippen LogP contribution in [0.1, 0.15) is 22.3 Å². The van der Waals surface area contributed by atoms with Crippen LogP contribution in [0.15, 0.2) is 53.8 Å². The first-order chi connectivity index (χ1) is 12.6. The minimum atomic E-state index is -0.466. The lowest BCUT2D eigenvalue weighted by Gasteiger charge is -2.16. The van der Waals surface area contributed by atoms with Crippen molar-refractivity contribution in [1.29, 1.82) is 0 Å². The number of rotatable bonds is 3. The van der Waals surface area contributed by atoms with Gasteiger partial charge in [-0.3, -0.25) is 19.0 Å². The second kappa shape index (κ2) is 6.59. The molecule has 0 radical (unpaired) electrons. The van der Waals surface area contributed by atoms with Gasteiger partial charge in [-0.1, -0.05) is 6.07 Å². The van der Waals surface area contributed by atoms with Crippen LogP contribution in [0.4, 0.5) is 0 Å². The van der Waals surface area contributed by atoms with E-state index in [4.69, 9.17) is 0 Å². The number of fused-ring (bicyclic) bond motifs is 1. The van der Waals surface area contributed by atoms with Crippen LogP contribution in [0.25, 0.3) is 5.65 Å². The van der Waals surface area contributed by atoms with E-state index in [-0.39, 0.29) is 22.9 Å². The molecule has 4 heterocycles. The van der Waals surface area contributed by atoms with Crippen molar-refractivity contribution in [3.8, 4) is 5.75 Å². The van der Waals surface area contributed by atoms with Crippen LogP contribution in [-0.4, -0.2) is 43.4 Å². The SMILES string of the molecule is O=C(c1cnc2c(O)cccn2c1=O)N1CCC(Cc2cccnc2)C1. The third-order valence-corrected chi connectivity index (χ3v) is 4.76. The van der Waals surface area contributed by atoms with Crippen LogP contribution in [0, 0.1) is 5.92 Å². The molecule has 0 spiro atoms.